The third-order valence-electron chi connectivity index (χ3n) is 2.66. The number of hydrogen-bond donors (Lipinski definition) is 3. The van der Waals surface area contributed by atoms with Crippen LogP contribution in [0.3, 0.4) is 0 Å². The number of amides is 3. The van der Waals surface area contributed by atoms with Gasteiger partial charge in [-0.25, -0.2) is 10.2 Å². The average Bonchev–Trinajstić information content (AvgIpc) is 2.51. The minimum absolute atomic E-state index is 0.100. The number of benzene rings is 1. The van der Waals surface area contributed by atoms with Crippen molar-refractivity contribution in [3.63, 3.8) is 0 Å². The average molecular weight is 306 g/mol. The number of nitrogens with one attached hydrogen (secondary N) is 3. The summed E-state index contributed by atoms with van der Waals surface area (Å²) in [6, 6.07) is 5.52. The summed E-state index contributed by atoms with van der Waals surface area (Å²) in [7, 11) is 0. The summed E-state index contributed by atoms with van der Waals surface area (Å²) >= 11 is 0. The molecule has 8 nitrogen and oxygen atoms in total. The van der Waals surface area contributed by atoms with Gasteiger partial charge in [-0.15, -0.1) is 0 Å². The minimum Gasteiger partial charge on any atom is -0.337 e. The molecule has 0 aliphatic carbocycles. The zero-order chi connectivity index (χ0) is 16.4. The van der Waals surface area contributed by atoms with Crippen LogP contribution in [0.4, 0.5) is 10.5 Å². The van der Waals surface area contributed by atoms with Gasteiger partial charge in [0.05, 0.1) is 10.5 Å². The lowest BCUT2D eigenvalue weighted by Gasteiger charge is -2.06. The van der Waals surface area contributed by atoms with Gasteiger partial charge >= 0.3 is 6.03 Å². The van der Waals surface area contributed by atoms with Crippen LogP contribution in [0.5, 0.6) is 0 Å². The van der Waals surface area contributed by atoms with Crippen molar-refractivity contribution in [3.8, 4) is 0 Å². The van der Waals surface area contributed by atoms with Crippen molar-refractivity contribution in [2.75, 3.05) is 6.54 Å². The molecule has 1 aromatic rings. The molecule has 118 valence electrons. The number of hydrogen-bond acceptors (Lipinski definition) is 4. The van der Waals surface area contributed by atoms with Crippen molar-refractivity contribution in [3.05, 3.63) is 46.0 Å². The molecule has 0 atom stereocenters. The zero-order valence-corrected chi connectivity index (χ0v) is 12.2. The summed E-state index contributed by atoms with van der Waals surface area (Å²) in [6.07, 6.45) is 4.21. The van der Waals surface area contributed by atoms with Crippen LogP contribution < -0.4 is 16.2 Å². The summed E-state index contributed by atoms with van der Waals surface area (Å²) in [5.41, 5.74) is 4.55. The van der Waals surface area contributed by atoms with Gasteiger partial charge in [-0.2, -0.15) is 0 Å². The first-order valence-electron chi connectivity index (χ1n) is 6.80. The van der Waals surface area contributed by atoms with E-state index in [1.54, 1.807) is 6.07 Å². The molecule has 0 saturated carbocycles. The van der Waals surface area contributed by atoms with Crippen LogP contribution in [0.15, 0.2) is 30.3 Å². The fourth-order valence-corrected chi connectivity index (χ4v) is 1.54. The van der Waals surface area contributed by atoms with Crippen LogP contribution >= 0.6 is 0 Å². The second kappa shape index (κ2) is 9.11. The smallest absolute Gasteiger partial charge is 0.333 e. The fourth-order valence-electron chi connectivity index (χ4n) is 1.54. The predicted octanol–water partition coefficient (Wildman–Crippen LogP) is 1.74. The van der Waals surface area contributed by atoms with E-state index >= 15 is 0 Å². The standard InChI is InChI=1S/C14H18N4O4/c1-2-3-10-15-14(20)17-16-13(19)9-8-11-6-4-5-7-12(11)18(21)22/h4-9H,2-3,10H2,1H3,(H,16,19)(H2,15,17,20). The zero-order valence-electron chi connectivity index (χ0n) is 12.2. The highest BCUT2D eigenvalue weighted by Crippen LogP contribution is 2.18. The van der Waals surface area contributed by atoms with E-state index in [0.29, 0.717) is 12.1 Å². The van der Waals surface area contributed by atoms with E-state index in [9.17, 15) is 19.7 Å². The molecule has 0 heterocycles. The van der Waals surface area contributed by atoms with Crippen LogP contribution in [0.25, 0.3) is 6.08 Å². The van der Waals surface area contributed by atoms with Gasteiger partial charge in [0.1, 0.15) is 0 Å². The maximum atomic E-state index is 11.5. The third-order valence-corrected chi connectivity index (χ3v) is 2.66. The molecule has 0 aliphatic rings. The van der Waals surface area contributed by atoms with Crippen molar-refractivity contribution < 1.29 is 14.5 Å². The highest BCUT2D eigenvalue weighted by molar-refractivity contribution is 5.93. The number of para-hydroxylation sites is 1. The normalized spacial score (nSPS) is 10.2. The highest BCUT2D eigenvalue weighted by Gasteiger charge is 2.09. The Morgan fingerprint density at radius 3 is 2.68 bits per heavy atom. The summed E-state index contributed by atoms with van der Waals surface area (Å²) in [4.78, 5) is 33.1. The number of unbranched alkanes of at least 4 members (excludes halogenated alkanes) is 1. The summed E-state index contributed by atoms with van der Waals surface area (Å²) < 4.78 is 0. The van der Waals surface area contributed by atoms with Crippen molar-refractivity contribution >= 4 is 23.7 Å². The largest absolute Gasteiger partial charge is 0.337 e. The number of nitro benzene ring substituents is 1. The summed E-state index contributed by atoms with van der Waals surface area (Å²) in [5.74, 6) is -0.594. The van der Waals surface area contributed by atoms with Crippen LogP contribution in [-0.2, 0) is 4.79 Å². The summed E-state index contributed by atoms with van der Waals surface area (Å²) in [6.45, 7) is 2.51. The quantitative estimate of drug-likeness (QED) is 0.321. The van der Waals surface area contributed by atoms with Gasteiger partial charge in [0.2, 0.25) is 0 Å². The van der Waals surface area contributed by atoms with Crippen LogP contribution in [0.2, 0.25) is 0 Å². The molecule has 0 bridgehead atoms. The lowest BCUT2D eigenvalue weighted by atomic mass is 10.1. The topological polar surface area (TPSA) is 113 Å². The second-order valence-electron chi connectivity index (χ2n) is 4.37. The third kappa shape index (κ3) is 6.04. The lowest BCUT2D eigenvalue weighted by Crippen LogP contribution is -2.46. The number of nitro groups is 1. The Balaban J connectivity index is 2.48. The minimum atomic E-state index is -0.594. The Hall–Kier alpha value is -2.90. The monoisotopic (exact) mass is 306 g/mol. The molecule has 0 spiro atoms. The maximum Gasteiger partial charge on any atom is 0.333 e. The number of nitrogens with zero attached hydrogens (tertiary/aromatic N) is 1. The molecule has 0 saturated heterocycles. The number of urea groups is 1. The molecule has 3 N–H and O–H groups in total. The van der Waals surface area contributed by atoms with Crippen molar-refractivity contribution in [1.29, 1.82) is 0 Å². The van der Waals surface area contributed by atoms with Gasteiger partial charge in [0, 0.05) is 18.7 Å². The molecular formula is C14H18N4O4. The molecule has 8 heteroatoms. The van der Waals surface area contributed by atoms with Crippen molar-refractivity contribution in [2.24, 2.45) is 0 Å². The molecular weight excluding hydrogens is 288 g/mol. The first kappa shape index (κ1) is 17.2. The number of carbonyl (C=O) groups excluding carboxylic acids is 2. The van der Waals surface area contributed by atoms with Crippen LogP contribution in [-0.4, -0.2) is 23.4 Å². The van der Waals surface area contributed by atoms with Gasteiger partial charge in [-0.05, 0) is 18.6 Å². The van der Waals surface area contributed by atoms with E-state index in [2.05, 4.69) is 16.2 Å². The molecule has 3 amide bonds. The fraction of sp³-hybridized carbons (Fsp3) is 0.286. The Labute approximate surface area is 127 Å². The Morgan fingerprint density at radius 1 is 1.27 bits per heavy atom. The first-order chi connectivity index (χ1) is 10.5. The van der Waals surface area contributed by atoms with Crippen molar-refractivity contribution in [1.82, 2.24) is 16.2 Å². The van der Waals surface area contributed by atoms with Gasteiger partial charge in [0.15, 0.2) is 0 Å². The van der Waals surface area contributed by atoms with Gasteiger partial charge < -0.3 is 5.32 Å². The number of carbonyl (C=O) groups is 2. The van der Waals surface area contributed by atoms with Crippen LogP contribution in [0, 0.1) is 10.1 Å². The van der Waals surface area contributed by atoms with E-state index in [1.165, 1.54) is 24.3 Å². The van der Waals surface area contributed by atoms with Gasteiger partial charge in [-0.3, -0.25) is 20.3 Å². The van der Waals surface area contributed by atoms with Gasteiger partial charge in [-0.1, -0.05) is 25.5 Å². The number of hydrazine groups is 1. The molecule has 1 aromatic carbocycles. The molecule has 22 heavy (non-hydrogen) atoms. The number of rotatable bonds is 6. The molecule has 0 aromatic heterocycles. The van der Waals surface area contributed by atoms with Gasteiger partial charge in [0.25, 0.3) is 11.6 Å². The Morgan fingerprint density at radius 2 is 2.00 bits per heavy atom. The molecule has 0 fully saturated rings. The predicted molar refractivity (Wildman–Crippen MR) is 81.7 cm³/mol. The highest BCUT2D eigenvalue weighted by atomic mass is 16.6. The van der Waals surface area contributed by atoms with E-state index in [0.717, 1.165) is 18.9 Å². The van der Waals surface area contributed by atoms with E-state index in [1.807, 2.05) is 6.92 Å². The maximum absolute atomic E-state index is 11.5. The van der Waals surface area contributed by atoms with Crippen LogP contribution in [0.1, 0.15) is 25.3 Å². The van der Waals surface area contributed by atoms with E-state index in [-0.39, 0.29) is 5.69 Å². The Bertz CT molecular complexity index is 572. The second-order valence-corrected chi connectivity index (χ2v) is 4.37. The molecule has 0 unspecified atom stereocenters. The first-order valence-corrected chi connectivity index (χ1v) is 6.80. The van der Waals surface area contributed by atoms with E-state index in [4.69, 9.17) is 0 Å². The summed E-state index contributed by atoms with van der Waals surface area (Å²) in [5, 5.41) is 13.4. The Kier molecular flexibility index (Phi) is 7.10. The van der Waals surface area contributed by atoms with Crippen molar-refractivity contribution in [2.45, 2.75) is 19.8 Å². The van der Waals surface area contributed by atoms with E-state index < -0.39 is 16.9 Å². The molecule has 1 rings (SSSR count). The molecule has 0 radical (unpaired) electrons. The lowest BCUT2D eigenvalue weighted by molar-refractivity contribution is -0.385. The SMILES string of the molecule is CCCCNC(=O)NNC(=O)C=Cc1ccccc1[N+](=O)[O-]. The molecule has 0 aliphatic heterocycles.